The normalized spacial score (nSPS) is 16.8. The van der Waals surface area contributed by atoms with E-state index in [9.17, 15) is 20.3 Å². The first kappa shape index (κ1) is 24.8. The van der Waals surface area contributed by atoms with Gasteiger partial charge in [0.15, 0.2) is 0 Å². The number of allylic oxidation sites excluding steroid dienone is 2. The van der Waals surface area contributed by atoms with E-state index in [0.717, 1.165) is 49.7 Å². The van der Waals surface area contributed by atoms with Gasteiger partial charge in [0, 0.05) is 12.0 Å². The molecule has 1 aliphatic rings. The van der Waals surface area contributed by atoms with Crippen LogP contribution in [0.3, 0.4) is 0 Å². The van der Waals surface area contributed by atoms with Crippen molar-refractivity contribution in [2.24, 2.45) is 0 Å². The van der Waals surface area contributed by atoms with Crippen LogP contribution in [0.2, 0.25) is 0 Å². The predicted octanol–water partition coefficient (Wildman–Crippen LogP) is 6.33. The number of nitrogens with zero attached hydrogens (tertiary/aromatic N) is 1. The molecule has 1 aromatic carbocycles. The first-order chi connectivity index (χ1) is 14.6. The highest BCUT2D eigenvalue weighted by molar-refractivity contribution is 5.51. The zero-order valence-electron chi connectivity index (χ0n) is 19.2. The minimum atomic E-state index is -0.749. The molecule has 0 fully saturated rings. The molecule has 7 heteroatoms. The Balaban J connectivity index is 2.09. The minimum absolute atomic E-state index is 0.0226. The molecule has 1 aliphatic carbocycles. The van der Waals surface area contributed by atoms with Gasteiger partial charge in [0.1, 0.15) is 11.5 Å². The van der Waals surface area contributed by atoms with Crippen molar-refractivity contribution in [3.05, 3.63) is 45.2 Å². The number of benzene rings is 1. The fourth-order valence-corrected chi connectivity index (χ4v) is 4.21. The standard InChI is InChI=1S/C24H37NO6/c1-17(2)31-22-16-19(15-21(27)23(22)18-10-9-11-20(26)14-18)24(3,4)12-7-5-6-8-13-30-25(28)29/h11,15-18,26-27H,5-10,12-14H2,1-4H3. The second-order valence-electron chi connectivity index (χ2n) is 9.35. The quantitative estimate of drug-likeness (QED) is 0.226. The summed E-state index contributed by atoms with van der Waals surface area (Å²) >= 11 is 0. The number of rotatable bonds is 12. The van der Waals surface area contributed by atoms with Gasteiger partial charge in [-0.2, -0.15) is 0 Å². The molecule has 0 spiro atoms. The monoisotopic (exact) mass is 435 g/mol. The van der Waals surface area contributed by atoms with Gasteiger partial charge < -0.3 is 19.8 Å². The second-order valence-corrected chi connectivity index (χ2v) is 9.35. The lowest BCUT2D eigenvalue weighted by atomic mass is 9.77. The van der Waals surface area contributed by atoms with Crippen LogP contribution in [0.25, 0.3) is 0 Å². The first-order valence-electron chi connectivity index (χ1n) is 11.3. The molecule has 0 aliphatic heterocycles. The number of aromatic hydroxyl groups is 1. The Morgan fingerprint density at radius 3 is 2.55 bits per heavy atom. The Morgan fingerprint density at radius 1 is 1.19 bits per heavy atom. The van der Waals surface area contributed by atoms with Crippen LogP contribution in [-0.2, 0) is 10.3 Å². The van der Waals surface area contributed by atoms with E-state index < -0.39 is 5.09 Å². The summed E-state index contributed by atoms with van der Waals surface area (Å²) in [6.07, 6.45) is 8.43. The predicted molar refractivity (Wildman–Crippen MR) is 120 cm³/mol. The summed E-state index contributed by atoms with van der Waals surface area (Å²) in [5, 5.41) is 30.4. The molecule has 1 aromatic rings. The van der Waals surface area contributed by atoms with Crippen LogP contribution >= 0.6 is 0 Å². The van der Waals surface area contributed by atoms with Gasteiger partial charge >= 0.3 is 0 Å². The van der Waals surface area contributed by atoms with Gasteiger partial charge in [0.05, 0.1) is 18.5 Å². The molecule has 1 unspecified atom stereocenters. The lowest BCUT2D eigenvalue weighted by Gasteiger charge is -2.30. The van der Waals surface area contributed by atoms with Crippen LogP contribution in [0, 0.1) is 10.1 Å². The summed E-state index contributed by atoms with van der Waals surface area (Å²) in [5.74, 6) is 1.35. The molecule has 7 nitrogen and oxygen atoms in total. The van der Waals surface area contributed by atoms with E-state index in [2.05, 4.69) is 24.8 Å². The highest BCUT2D eigenvalue weighted by atomic mass is 16.9. The summed E-state index contributed by atoms with van der Waals surface area (Å²) in [6, 6.07) is 3.90. The van der Waals surface area contributed by atoms with Gasteiger partial charge in [-0.15, -0.1) is 10.1 Å². The molecule has 174 valence electrons. The van der Waals surface area contributed by atoms with Crippen molar-refractivity contribution in [1.29, 1.82) is 0 Å². The van der Waals surface area contributed by atoms with Crippen molar-refractivity contribution in [1.82, 2.24) is 0 Å². The maximum atomic E-state index is 11.0. The fourth-order valence-electron chi connectivity index (χ4n) is 4.21. The van der Waals surface area contributed by atoms with E-state index >= 15 is 0 Å². The third kappa shape index (κ3) is 7.64. The van der Waals surface area contributed by atoms with Crippen LogP contribution in [0.5, 0.6) is 11.5 Å². The highest BCUT2D eigenvalue weighted by Crippen LogP contribution is 2.45. The fraction of sp³-hybridized carbons (Fsp3) is 0.667. The molecule has 2 rings (SSSR count). The average Bonchev–Trinajstić information content (AvgIpc) is 2.66. The maximum Gasteiger partial charge on any atom is 0.294 e. The molecule has 0 heterocycles. The number of phenolic OH excluding ortho intramolecular Hbond substituents is 1. The molecule has 0 saturated heterocycles. The molecule has 31 heavy (non-hydrogen) atoms. The SMILES string of the molecule is CC(C)Oc1cc(C(C)(C)CCCCCCO[N+](=O)[O-])cc(O)c1C1CCC=C(O)C1. The van der Waals surface area contributed by atoms with Gasteiger partial charge in [0.25, 0.3) is 5.09 Å². The van der Waals surface area contributed by atoms with Crippen LogP contribution < -0.4 is 4.74 Å². The molecular weight excluding hydrogens is 398 g/mol. The Hall–Kier alpha value is -2.44. The van der Waals surface area contributed by atoms with E-state index in [0.29, 0.717) is 24.4 Å². The third-order valence-corrected chi connectivity index (χ3v) is 5.92. The lowest BCUT2D eigenvalue weighted by molar-refractivity contribution is -0.757. The molecule has 0 saturated carbocycles. The van der Waals surface area contributed by atoms with Gasteiger partial charge in [-0.05, 0) is 74.6 Å². The molecule has 1 atom stereocenters. The van der Waals surface area contributed by atoms with Gasteiger partial charge in [-0.1, -0.05) is 33.1 Å². The zero-order valence-corrected chi connectivity index (χ0v) is 19.2. The van der Waals surface area contributed by atoms with Crippen LogP contribution in [0.4, 0.5) is 0 Å². The van der Waals surface area contributed by atoms with Crippen molar-refractivity contribution in [3.8, 4) is 11.5 Å². The smallest absolute Gasteiger partial charge is 0.294 e. The summed E-state index contributed by atoms with van der Waals surface area (Å²) in [5.41, 5.74) is 1.66. The van der Waals surface area contributed by atoms with Crippen molar-refractivity contribution in [2.75, 3.05) is 6.61 Å². The number of phenols is 1. The maximum absolute atomic E-state index is 11.0. The number of unbranched alkanes of at least 4 members (excludes halogenated alkanes) is 3. The van der Waals surface area contributed by atoms with E-state index in [1.165, 1.54) is 0 Å². The first-order valence-corrected chi connectivity index (χ1v) is 11.3. The number of aliphatic hydroxyl groups excluding tert-OH is 1. The van der Waals surface area contributed by atoms with Crippen molar-refractivity contribution in [2.45, 2.75) is 96.5 Å². The highest BCUT2D eigenvalue weighted by Gasteiger charge is 2.28. The topological polar surface area (TPSA) is 102 Å². The Kier molecular flexibility index (Phi) is 9.01. The van der Waals surface area contributed by atoms with Crippen molar-refractivity contribution < 1.29 is 24.9 Å². The van der Waals surface area contributed by atoms with Gasteiger partial charge in [-0.25, -0.2) is 0 Å². The summed E-state index contributed by atoms with van der Waals surface area (Å²) in [7, 11) is 0. The summed E-state index contributed by atoms with van der Waals surface area (Å²) < 4.78 is 6.11. The second kappa shape index (κ2) is 11.3. The van der Waals surface area contributed by atoms with E-state index in [1.807, 2.05) is 26.0 Å². The summed E-state index contributed by atoms with van der Waals surface area (Å²) in [4.78, 5) is 14.5. The van der Waals surface area contributed by atoms with E-state index in [-0.39, 0.29) is 29.8 Å². The third-order valence-electron chi connectivity index (χ3n) is 5.92. The molecule has 0 bridgehead atoms. The number of ether oxygens (including phenoxy) is 1. The average molecular weight is 436 g/mol. The number of hydrogen-bond acceptors (Lipinski definition) is 6. The molecule has 2 N–H and O–H groups in total. The van der Waals surface area contributed by atoms with Crippen LogP contribution in [0.15, 0.2) is 24.0 Å². The van der Waals surface area contributed by atoms with E-state index in [1.54, 1.807) is 0 Å². The summed E-state index contributed by atoms with van der Waals surface area (Å²) in [6.45, 7) is 8.41. The Labute approximate surface area is 185 Å². The number of aliphatic hydroxyl groups is 1. The van der Waals surface area contributed by atoms with E-state index in [4.69, 9.17) is 4.74 Å². The molecule has 0 radical (unpaired) electrons. The molecule has 0 amide bonds. The van der Waals surface area contributed by atoms with Crippen molar-refractivity contribution in [3.63, 3.8) is 0 Å². The largest absolute Gasteiger partial charge is 0.513 e. The molecule has 0 aromatic heterocycles. The lowest BCUT2D eigenvalue weighted by Crippen LogP contribution is -2.19. The van der Waals surface area contributed by atoms with Crippen LogP contribution in [-0.4, -0.2) is 28.0 Å². The minimum Gasteiger partial charge on any atom is -0.513 e. The van der Waals surface area contributed by atoms with Gasteiger partial charge in [-0.3, -0.25) is 0 Å². The Morgan fingerprint density at radius 2 is 1.90 bits per heavy atom. The molecular formula is C24H37NO6. The Bertz CT molecular complexity index is 772. The van der Waals surface area contributed by atoms with Gasteiger partial charge in [0.2, 0.25) is 0 Å². The number of hydrogen-bond donors (Lipinski definition) is 2. The zero-order chi connectivity index (χ0) is 23.0. The van der Waals surface area contributed by atoms with Crippen LogP contribution in [0.1, 0.15) is 96.1 Å². The van der Waals surface area contributed by atoms with Crippen molar-refractivity contribution >= 4 is 0 Å².